The van der Waals surface area contributed by atoms with Crippen molar-refractivity contribution in [1.29, 1.82) is 0 Å². The maximum Gasteiger partial charge on any atom is 0.312 e. The van der Waals surface area contributed by atoms with Gasteiger partial charge in [-0.2, -0.15) is 0 Å². The monoisotopic (exact) mass is 224 g/mol. The van der Waals surface area contributed by atoms with Gasteiger partial charge in [0.15, 0.2) is 5.75 Å². The molecule has 0 fully saturated rings. The van der Waals surface area contributed by atoms with E-state index >= 15 is 0 Å². The van der Waals surface area contributed by atoms with Crippen molar-refractivity contribution in [3.05, 3.63) is 40.7 Å². The van der Waals surface area contributed by atoms with Crippen LogP contribution in [0.5, 0.6) is 5.75 Å². The number of nitrogens with zero attached hydrogens (tertiary/aromatic N) is 1. The molecule has 1 aromatic rings. The minimum Gasteiger partial charge on any atom is -0.511 e. The normalized spacial score (nSPS) is 9.56. The highest BCUT2D eigenvalue weighted by Gasteiger charge is 2.14. The van der Waals surface area contributed by atoms with Crippen LogP contribution in [-0.4, -0.2) is 23.7 Å². The lowest BCUT2D eigenvalue weighted by Gasteiger charge is -2.07. The van der Waals surface area contributed by atoms with Crippen LogP contribution in [-0.2, 0) is 0 Å². The fraction of sp³-hybridized carbons (Fsp3) is 0.200. The van der Waals surface area contributed by atoms with E-state index in [1.807, 2.05) is 0 Å². The maximum atomic E-state index is 10.7. The van der Waals surface area contributed by atoms with Crippen molar-refractivity contribution in [2.24, 2.45) is 0 Å². The number of nitro groups is 1. The Morgan fingerprint density at radius 3 is 2.88 bits per heavy atom. The van der Waals surface area contributed by atoms with Crippen molar-refractivity contribution in [3.8, 4) is 5.75 Å². The van der Waals surface area contributed by atoms with Gasteiger partial charge in [-0.3, -0.25) is 10.1 Å². The van der Waals surface area contributed by atoms with E-state index in [2.05, 4.69) is 11.9 Å². The Kier molecular flexibility index (Phi) is 3.71. The number of rotatable bonds is 5. The van der Waals surface area contributed by atoms with Crippen LogP contribution in [0.3, 0.4) is 0 Å². The van der Waals surface area contributed by atoms with Gasteiger partial charge in [0.2, 0.25) is 0 Å². The molecule has 16 heavy (non-hydrogen) atoms. The van der Waals surface area contributed by atoms with E-state index in [0.717, 1.165) is 0 Å². The number of aliphatic hydroxyl groups is 1. The summed E-state index contributed by atoms with van der Waals surface area (Å²) in [4.78, 5) is 10.2. The lowest BCUT2D eigenvalue weighted by atomic mass is 10.2. The average molecular weight is 224 g/mol. The van der Waals surface area contributed by atoms with Crippen LogP contribution in [0.4, 0.5) is 11.4 Å². The zero-order valence-corrected chi connectivity index (χ0v) is 8.77. The Morgan fingerprint density at radius 1 is 1.69 bits per heavy atom. The molecule has 0 aromatic heterocycles. The summed E-state index contributed by atoms with van der Waals surface area (Å²) in [5.74, 6) is 0.150. The Morgan fingerprint density at radius 2 is 2.38 bits per heavy atom. The molecule has 0 aliphatic carbocycles. The highest BCUT2D eigenvalue weighted by atomic mass is 16.6. The summed E-state index contributed by atoms with van der Waals surface area (Å²) < 4.78 is 4.85. The molecule has 1 aromatic carbocycles. The maximum absolute atomic E-state index is 10.7. The zero-order valence-electron chi connectivity index (χ0n) is 8.77. The van der Waals surface area contributed by atoms with Crippen molar-refractivity contribution >= 4 is 11.4 Å². The van der Waals surface area contributed by atoms with Gasteiger partial charge in [-0.15, -0.1) is 0 Å². The van der Waals surface area contributed by atoms with Crippen LogP contribution in [0.15, 0.2) is 30.5 Å². The van der Waals surface area contributed by atoms with Crippen LogP contribution in [0.1, 0.15) is 0 Å². The predicted molar refractivity (Wildman–Crippen MR) is 59.9 cm³/mol. The topological polar surface area (TPSA) is 84.6 Å². The number of methoxy groups -OCH3 is 1. The highest BCUT2D eigenvalue weighted by Crippen LogP contribution is 2.29. The lowest BCUT2D eigenvalue weighted by Crippen LogP contribution is -2.04. The first-order valence-electron chi connectivity index (χ1n) is 4.47. The third kappa shape index (κ3) is 2.88. The van der Waals surface area contributed by atoms with E-state index in [-0.39, 0.29) is 23.7 Å². The fourth-order valence-electron chi connectivity index (χ4n) is 1.15. The number of nitrogens with one attached hydrogen (secondary N) is 1. The second kappa shape index (κ2) is 5.01. The molecule has 2 N–H and O–H groups in total. The molecule has 0 unspecified atom stereocenters. The van der Waals surface area contributed by atoms with Gasteiger partial charge in [-0.25, -0.2) is 0 Å². The van der Waals surface area contributed by atoms with Gasteiger partial charge >= 0.3 is 5.69 Å². The molecule has 1 rings (SSSR count). The standard InChI is InChI=1S/C10H12N2O4/c1-7(13)6-11-8-3-4-10(16-2)9(5-8)12(14)15/h3-5,11,13H,1,6H2,2H3. The number of benzene rings is 1. The number of aliphatic hydroxyl groups excluding tert-OH is 1. The number of anilines is 1. The molecule has 6 heteroatoms. The van der Waals surface area contributed by atoms with Gasteiger partial charge in [-0.05, 0) is 12.1 Å². The fourth-order valence-corrected chi connectivity index (χ4v) is 1.15. The van der Waals surface area contributed by atoms with Crippen LogP contribution < -0.4 is 10.1 Å². The summed E-state index contributed by atoms with van der Waals surface area (Å²) in [6, 6.07) is 4.44. The van der Waals surface area contributed by atoms with Crippen molar-refractivity contribution in [1.82, 2.24) is 0 Å². The van der Waals surface area contributed by atoms with Gasteiger partial charge in [0, 0.05) is 11.8 Å². The molecule has 0 saturated heterocycles. The number of nitro benzene ring substituents is 1. The van der Waals surface area contributed by atoms with Crippen LogP contribution in [0.25, 0.3) is 0 Å². The minimum absolute atomic E-state index is 0.0431. The molecule has 0 atom stereocenters. The van der Waals surface area contributed by atoms with Crippen LogP contribution in [0.2, 0.25) is 0 Å². The van der Waals surface area contributed by atoms with Gasteiger partial charge in [0.1, 0.15) is 5.76 Å². The first-order chi connectivity index (χ1) is 7.54. The van der Waals surface area contributed by atoms with E-state index in [4.69, 9.17) is 9.84 Å². The van der Waals surface area contributed by atoms with E-state index < -0.39 is 4.92 Å². The van der Waals surface area contributed by atoms with Crippen molar-refractivity contribution < 1.29 is 14.8 Å². The number of hydrogen-bond donors (Lipinski definition) is 2. The van der Waals surface area contributed by atoms with Gasteiger partial charge in [-0.1, -0.05) is 6.58 Å². The lowest BCUT2D eigenvalue weighted by molar-refractivity contribution is -0.385. The quantitative estimate of drug-likeness (QED) is 0.454. The Hall–Kier alpha value is -2.24. The molecular weight excluding hydrogens is 212 g/mol. The van der Waals surface area contributed by atoms with Crippen molar-refractivity contribution in [2.45, 2.75) is 0 Å². The first-order valence-corrected chi connectivity index (χ1v) is 4.47. The smallest absolute Gasteiger partial charge is 0.312 e. The molecule has 6 nitrogen and oxygen atoms in total. The molecular formula is C10H12N2O4. The van der Waals surface area contributed by atoms with Gasteiger partial charge in [0.05, 0.1) is 18.6 Å². The zero-order chi connectivity index (χ0) is 12.1. The van der Waals surface area contributed by atoms with E-state index in [1.54, 1.807) is 6.07 Å². The second-order valence-electron chi connectivity index (χ2n) is 3.06. The first kappa shape index (κ1) is 11.8. The van der Waals surface area contributed by atoms with Crippen molar-refractivity contribution in [2.75, 3.05) is 19.0 Å². The van der Waals surface area contributed by atoms with Crippen LogP contribution >= 0.6 is 0 Å². The third-order valence-electron chi connectivity index (χ3n) is 1.87. The molecule has 0 amide bonds. The van der Waals surface area contributed by atoms with Gasteiger partial charge < -0.3 is 15.2 Å². The van der Waals surface area contributed by atoms with E-state index in [0.29, 0.717) is 5.69 Å². The van der Waals surface area contributed by atoms with E-state index in [9.17, 15) is 10.1 Å². The minimum atomic E-state index is -0.530. The SMILES string of the molecule is C=C(O)CNc1ccc(OC)c([N+](=O)[O-])c1. The molecule has 0 spiro atoms. The Labute approximate surface area is 92.3 Å². The summed E-state index contributed by atoms with van der Waals surface area (Å²) in [5.41, 5.74) is 0.388. The average Bonchev–Trinajstić information content (AvgIpc) is 2.25. The Balaban J connectivity index is 2.93. The largest absolute Gasteiger partial charge is 0.511 e. The number of hydrogen-bond acceptors (Lipinski definition) is 5. The molecule has 0 saturated carbocycles. The summed E-state index contributed by atoms with van der Waals surface area (Å²) in [7, 11) is 1.37. The summed E-state index contributed by atoms with van der Waals surface area (Å²) in [6.07, 6.45) is 0. The van der Waals surface area contributed by atoms with E-state index in [1.165, 1.54) is 19.2 Å². The molecule has 0 aliphatic heterocycles. The molecule has 0 aliphatic rings. The molecule has 86 valence electrons. The second-order valence-corrected chi connectivity index (χ2v) is 3.06. The highest BCUT2D eigenvalue weighted by molar-refractivity contribution is 5.58. The number of ether oxygens (including phenoxy) is 1. The van der Waals surface area contributed by atoms with Crippen LogP contribution in [0, 0.1) is 10.1 Å². The predicted octanol–water partition coefficient (Wildman–Crippen LogP) is 2.09. The molecule has 0 radical (unpaired) electrons. The van der Waals surface area contributed by atoms with Crippen molar-refractivity contribution in [3.63, 3.8) is 0 Å². The molecule has 0 heterocycles. The summed E-state index contributed by atoms with van der Waals surface area (Å²) in [5, 5.41) is 22.4. The summed E-state index contributed by atoms with van der Waals surface area (Å²) in [6.45, 7) is 3.44. The Bertz CT molecular complexity index is 417. The van der Waals surface area contributed by atoms with Gasteiger partial charge in [0.25, 0.3) is 0 Å². The molecule has 0 bridgehead atoms. The summed E-state index contributed by atoms with van der Waals surface area (Å²) >= 11 is 0. The third-order valence-corrected chi connectivity index (χ3v) is 1.87.